The molecule has 0 bridgehead atoms. The first-order valence-electron chi connectivity index (χ1n) is 7.74. The van der Waals surface area contributed by atoms with Gasteiger partial charge in [-0.15, -0.1) is 0 Å². The van der Waals surface area contributed by atoms with Gasteiger partial charge in [0.1, 0.15) is 11.6 Å². The van der Waals surface area contributed by atoms with Crippen LogP contribution in [0.2, 0.25) is 0 Å². The molecular weight excluding hydrogens is 262 g/mol. The van der Waals surface area contributed by atoms with Crippen molar-refractivity contribution in [3.63, 3.8) is 0 Å². The van der Waals surface area contributed by atoms with Crippen molar-refractivity contribution in [2.45, 2.75) is 38.8 Å². The highest BCUT2D eigenvalue weighted by Gasteiger charge is 2.17. The van der Waals surface area contributed by atoms with Crippen molar-refractivity contribution >= 4 is 0 Å². The van der Waals surface area contributed by atoms with Gasteiger partial charge in [0.25, 0.3) is 0 Å². The van der Waals surface area contributed by atoms with Gasteiger partial charge in [-0.25, -0.2) is 4.98 Å². The van der Waals surface area contributed by atoms with Gasteiger partial charge >= 0.3 is 0 Å². The largest absolute Gasteiger partial charge is 0.493 e. The first-order chi connectivity index (χ1) is 10.3. The molecule has 4 heteroatoms. The van der Waals surface area contributed by atoms with Gasteiger partial charge in [-0.2, -0.15) is 0 Å². The summed E-state index contributed by atoms with van der Waals surface area (Å²) in [5.41, 5.74) is 2.64. The summed E-state index contributed by atoms with van der Waals surface area (Å²) in [5, 5.41) is 3.42. The number of aromatic nitrogens is 2. The molecule has 4 nitrogen and oxygen atoms in total. The Hall–Kier alpha value is -1.81. The van der Waals surface area contributed by atoms with E-state index >= 15 is 0 Å². The van der Waals surface area contributed by atoms with Gasteiger partial charge in [0.05, 0.1) is 6.61 Å². The number of nitrogens with one attached hydrogen (secondary N) is 1. The lowest BCUT2D eigenvalue weighted by atomic mass is 10.00. The average Bonchev–Trinajstić information content (AvgIpc) is 3.13. The number of rotatable bonds is 6. The predicted octanol–water partition coefficient (Wildman–Crippen LogP) is 2.73. The van der Waals surface area contributed by atoms with Gasteiger partial charge in [-0.05, 0) is 30.7 Å². The van der Waals surface area contributed by atoms with E-state index in [9.17, 15) is 0 Å². The number of imidazole rings is 1. The molecule has 0 fully saturated rings. The number of nitrogens with zero attached hydrogens (tertiary/aromatic N) is 2. The summed E-state index contributed by atoms with van der Waals surface area (Å²) in [6.07, 6.45) is 7.02. The van der Waals surface area contributed by atoms with E-state index in [4.69, 9.17) is 4.74 Å². The summed E-state index contributed by atoms with van der Waals surface area (Å²) in [6, 6.07) is 6.82. The van der Waals surface area contributed by atoms with E-state index in [0.29, 0.717) is 0 Å². The Bertz CT molecular complexity index is 606. The van der Waals surface area contributed by atoms with E-state index in [0.717, 1.165) is 44.0 Å². The Kier molecular flexibility index (Phi) is 4.25. The van der Waals surface area contributed by atoms with Crippen molar-refractivity contribution in [1.82, 2.24) is 14.9 Å². The normalized spacial score (nSPS) is 14.8. The van der Waals surface area contributed by atoms with Crippen molar-refractivity contribution < 1.29 is 4.74 Å². The summed E-state index contributed by atoms with van der Waals surface area (Å²) in [4.78, 5) is 4.52. The number of fused-ring (bicyclic) bond motifs is 1. The number of aryl methyl sites for hydroxylation is 1. The number of benzene rings is 1. The molecule has 1 atom stereocenters. The Morgan fingerprint density at radius 3 is 3.14 bits per heavy atom. The molecule has 1 aromatic heterocycles. The first-order valence-corrected chi connectivity index (χ1v) is 7.74. The quantitative estimate of drug-likeness (QED) is 0.887. The third-order valence-corrected chi connectivity index (χ3v) is 4.12. The average molecular weight is 285 g/mol. The molecule has 0 amide bonds. The van der Waals surface area contributed by atoms with Gasteiger partial charge in [0, 0.05) is 37.8 Å². The van der Waals surface area contributed by atoms with Crippen LogP contribution >= 0.6 is 0 Å². The molecule has 3 rings (SSSR count). The summed E-state index contributed by atoms with van der Waals surface area (Å²) in [7, 11) is 2.02. The summed E-state index contributed by atoms with van der Waals surface area (Å²) >= 11 is 0. The Morgan fingerprint density at radius 2 is 2.33 bits per heavy atom. The van der Waals surface area contributed by atoms with Crippen LogP contribution in [-0.4, -0.2) is 23.2 Å². The summed E-state index contributed by atoms with van der Waals surface area (Å²) < 4.78 is 7.84. The van der Waals surface area contributed by atoms with Crippen LogP contribution in [0.5, 0.6) is 5.75 Å². The highest BCUT2D eigenvalue weighted by molar-refractivity contribution is 5.41. The molecule has 2 aromatic rings. The van der Waals surface area contributed by atoms with Crippen LogP contribution in [0.15, 0.2) is 30.6 Å². The van der Waals surface area contributed by atoms with Gasteiger partial charge in [-0.1, -0.05) is 19.1 Å². The molecule has 1 aromatic carbocycles. The molecule has 21 heavy (non-hydrogen) atoms. The van der Waals surface area contributed by atoms with Crippen molar-refractivity contribution in [2.24, 2.45) is 0 Å². The van der Waals surface area contributed by atoms with E-state index in [1.165, 1.54) is 11.1 Å². The van der Waals surface area contributed by atoms with Crippen LogP contribution in [0, 0.1) is 0 Å². The van der Waals surface area contributed by atoms with E-state index in [2.05, 4.69) is 46.2 Å². The summed E-state index contributed by atoms with van der Waals surface area (Å²) in [5.74, 6) is 2.19. The van der Waals surface area contributed by atoms with Gasteiger partial charge in [-0.3, -0.25) is 0 Å². The molecule has 1 aliphatic heterocycles. The zero-order valence-electron chi connectivity index (χ0n) is 12.8. The lowest BCUT2D eigenvalue weighted by molar-refractivity contribution is 0.356. The van der Waals surface area contributed by atoms with E-state index in [1.807, 2.05) is 13.2 Å². The smallest absolute Gasteiger partial charge is 0.122 e. The third kappa shape index (κ3) is 2.95. The van der Waals surface area contributed by atoms with Gasteiger partial charge < -0.3 is 14.6 Å². The Morgan fingerprint density at radius 1 is 1.43 bits per heavy atom. The number of hydrogen-bond acceptors (Lipinski definition) is 3. The highest BCUT2D eigenvalue weighted by atomic mass is 16.5. The standard InChI is InChI=1S/C17H23N3O/c1-3-8-20-9-7-19-17(20)12-15(18-2)13-4-5-16-14(11-13)6-10-21-16/h4-5,7,9,11,15,18H,3,6,8,10,12H2,1-2H3. The molecule has 0 radical (unpaired) electrons. The lowest BCUT2D eigenvalue weighted by Crippen LogP contribution is -2.21. The van der Waals surface area contributed by atoms with Crippen LogP contribution < -0.4 is 10.1 Å². The molecule has 0 spiro atoms. The molecule has 2 heterocycles. The van der Waals surface area contributed by atoms with Crippen molar-refractivity contribution in [2.75, 3.05) is 13.7 Å². The molecule has 112 valence electrons. The molecule has 0 saturated heterocycles. The fraction of sp³-hybridized carbons (Fsp3) is 0.471. The minimum Gasteiger partial charge on any atom is -0.493 e. The van der Waals surface area contributed by atoms with Crippen LogP contribution in [0.4, 0.5) is 0 Å². The van der Waals surface area contributed by atoms with Crippen molar-refractivity contribution in [3.05, 3.63) is 47.5 Å². The van der Waals surface area contributed by atoms with Crippen molar-refractivity contribution in [1.29, 1.82) is 0 Å². The maximum Gasteiger partial charge on any atom is 0.122 e. The zero-order valence-corrected chi connectivity index (χ0v) is 12.8. The second-order valence-corrected chi connectivity index (χ2v) is 5.55. The summed E-state index contributed by atoms with van der Waals surface area (Å²) in [6.45, 7) is 4.04. The Labute approximate surface area is 126 Å². The van der Waals surface area contributed by atoms with Gasteiger partial charge in [0.2, 0.25) is 0 Å². The third-order valence-electron chi connectivity index (χ3n) is 4.12. The molecule has 0 aliphatic carbocycles. The van der Waals surface area contributed by atoms with Crippen LogP contribution in [0.3, 0.4) is 0 Å². The number of ether oxygens (including phenoxy) is 1. The van der Waals surface area contributed by atoms with E-state index < -0.39 is 0 Å². The minimum absolute atomic E-state index is 0.286. The van der Waals surface area contributed by atoms with E-state index in [1.54, 1.807) is 0 Å². The predicted molar refractivity (Wildman–Crippen MR) is 83.7 cm³/mol. The second-order valence-electron chi connectivity index (χ2n) is 5.55. The molecular formula is C17H23N3O. The molecule has 1 N–H and O–H groups in total. The molecule has 1 aliphatic rings. The Balaban J connectivity index is 1.80. The second kappa shape index (κ2) is 6.31. The van der Waals surface area contributed by atoms with Gasteiger partial charge in [0.15, 0.2) is 0 Å². The lowest BCUT2D eigenvalue weighted by Gasteiger charge is -2.18. The SMILES string of the molecule is CCCn1ccnc1CC(NC)c1ccc2c(c1)CCO2. The zero-order chi connectivity index (χ0) is 14.7. The van der Waals surface area contributed by atoms with E-state index in [-0.39, 0.29) is 6.04 Å². The number of hydrogen-bond donors (Lipinski definition) is 1. The molecule has 1 unspecified atom stereocenters. The molecule has 0 saturated carbocycles. The minimum atomic E-state index is 0.286. The number of likely N-dealkylation sites (N-methyl/N-ethyl adjacent to an activating group) is 1. The van der Waals surface area contributed by atoms with Crippen LogP contribution in [0.25, 0.3) is 0 Å². The first kappa shape index (κ1) is 14.1. The van der Waals surface area contributed by atoms with Crippen molar-refractivity contribution in [3.8, 4) is 5.75 Å². The fourth-order valence-corrected chi connectivity index (χ4v) is 2.97. The maximum atomic E-state index is 5.59. The van der Waals surface area contributed by atoms with Crippen LogP contribution in [0.1, 0.15) is 36.3 Å². The maximum absolute atomic E-state index is 5.59. The van der Waals surface area contributed by atoms with Crippen LogP contribution in [-0.2, 0) is 19.4 Å². The topological polar surface area (TPSA) is 39.1 Å². The monoisotopic (exact) mass is 285 g/mol. The highest BCUT2D eigenvalue weighted by Crippen LogP contribution is 2.29. The fourth-order valence-electron chi connectivity index (χ4n) is 2.97.